The summed E-state index contributed by atoms with van der Waals surface area (Å²) in [4.78, 5) is 15.4. The number of hydrogen-bond acceptors (Lipinski definition) is 3. The Balaban J connectivity index is 2.66. The minimum atomic E-state index is -0.217. The molecule has 1 amide bonds. The van der Waals surface area contributed by atoms with Gasteiger partial charge in [0.2, 0.25) is 0 Å². The molecule has 1 aromatic heterocycles. The summed E-state index contributed by atoms with van der Waals surface area (Å²) in [5.74, 6) is -0.217. The normalized spacial score (nSPS) is 9.69. The van der Waals surface area contributed by atoms with Crippen LogP contribution in [-0.2, 0) is 4.74 Å². The van der Waals surface area contributed by atoms with E-state index in [2.05, 4.69) is 10.3 Å². The highest BCUT2D eigenvalue weighted by molar-refractivity contribution is 5.92. The van der Waals surface area contributed by atoms with Gasteiger partial charge in [0.25, 0.3) is 5.91 Å². The van der Waals surface area contributed by atoms with Gasteiger partial charge in [-0.05, 0) is 19.1 Å². The van der Waals surface area contributed by atoms with Crippen molar-refractivity contribution in [3.63, 3.8) is 0 Å². The number of methoxy groups -OCH3 is 1. The van der Waals surface area contributed by atoms with E-state index in [1.165, 1.54) is 7.11 Å². The van der Waals surface area contributed by atoms with Crippen LogP contribution in [0.15, 0.2) is 18.2 Å². The first kappa shape index (κ1) is 9.67. The SMILES string of the molecule is COCNC(=O)c1cccc(C)n1. The zero-order valence-corrected chi connectivity index (χ0v) is 7.70. The van der Waals surface area contributed by atoms with E-state index in [4.69, 9.17) is 4.74 Å². The van der Waals surface area contributed by atoms with Crippen LogP contribution in [0.25, 0.3) is 0 Å². The maximum atomic E-state index is 11.3. The Labute approximate surface area is 76.9 Å². The van der Waals surface area contributed by atoms with Crippen molar-refractivity contribution in [2.45, 2.75) is 6.92 Å². The number of nitrogens with one attached hydrogen (secondary N) is 1. The van der Waals surface area contributed by atoms with Crippen molar-refractivity contribution < 1.29 is 9.53 Å². The largest absolute Gasteiger partial charge is 0.364 e. The van der Waals surface area contributed by atoms with Gasteiger partial charge >= 0.3 is 0 Å². The second-order valence-electron chi connectivity index (χ2n) is 2.60. The number of hydrogen-bond donors (Lipinski definition) is 1. The van der Waals surface area contributed by atoms with Crippen LogP contribution in [0.3, 0.4) is 0 Å². The van der Waals surface area contributed by atoms with Gasteiger partial charge in [0.15, 0.2) is 0 Å². The Hall–Kier alpha value is -1.42. The smallest absolute Gasteiger partial charge is 0.271 e. The molecule has 0 bridgehead atoms. The van der Waals surface area contributed by atoms with Crippen molar-refractivity contribution in [3.05, 3.63) is 29.6 Å². The molecule has 0 unspecified atom stereocenters. The number of carbonyl (C=O) groups excluding carboxylic acids is 1. The van der Waals surface area contributed by atoms with Gasteiger partial charge in [0, 0.05) is 12.8 Å². The van der Waals surface area contributed by atoms with Crippen molar-refractivity contribution in [3.8, 4) is 0 Å². The maximum Gasteiger partial charge on any atom is 0.271 e. The van der Waals surface area contributed by atoms with E-state index >= 15 is 0 Å². The van der Waals surface area contributed by atoms with Gasteiger partial charge < -0.3 is 10.1 Å². The highest BCUT2D eigenvalue weighted by Gasteiger charge is 2.04. The van der Waals surface area contributed by atoms with Crippen molar-refractivity contribution in [1.82, 2.24) is 10.3 Å². The fourth-order valence-corrected chi connectivity index (χ4v) is 0.898. The molecule has 0 aliphatic heterocycles. The molecule has 0 atom stereocenters. The lowest BCUT2D eigenvalue weighted by Crippen LogP contribution is -2.26. The van der Waals surface area contributed by atoms with E-state index in [0.29, 0.717) is 5.69 Å². The van der Waals surface area contributed by atoms with Crippen LogP contribution in [0, 0.1) is 6.92 Å². The number of ether oxygens (including phenoxy) is 1. The molecule has 1 N–H and O–H groups in total. The van der Waals surface area contributed by atoms with E-state index in [0.717, 1.165) is 5.69 Å². The average molecular weight is 180 g/mol. The molecule has 0 saturated carbocycles. The fourth-order valence-electron chi connectivity index (χ4n) is 0.898. The summed E-state index contributed by atoms with van der Waals surface area (Å²) in [6.45, 7) is 2.04. The lowest BCUT2D eigenvalue weighted by molar-refractivity contribution is 0.0867. The summed E-state index contributed by atoms with van der Waals surface area (Å²) < 4.78 is 4.70. The minimum Gasteiger partial charge on any atom is -0.364 e. The fraction of sp³-hybridized carbons (Fsp3) is 0.333. The number of aromatic nitrogens is 1. The lowest BCUT2D eigenvalue weighted by Gasteiger charge is -2.02. The molecular weight excluding hydrogens is 168 g/mol. The van der Waals surface area contributed by atoms with Gasteiger partial charge in [-0.25, -0.2) is 4.98 Å². The van der Waals surface area contributed by atoms with E-state index < -0.39 is 0 Å². The first-order valence-corrected chi connectivity index (χ1v) is 3.95. The molecule has 0 radical (unpaired) electrons. The number of nitrogens with zero attached hydrogens (tertiary/aromatic N) is 1. The minimum absolute atomic E-state index is 0.203. The molecule has 1 aromatic rings. The number of carbonyl (C=O) groups is 1. The van der Waals surface area contributed by atoms with E-state index in [-0.39, 0.29) is 12.6 Å². The molecule has 1 rings (SSSR count). The van der Waals surface area contributed by atoms with Crippen LogP contribution >= 0.6 is 0 Å². The van der Waals surface area contributed by atoms with Crippen molar-refractivity contribution in [2.75, 3.05) is 13.8 Å². The molecule has 1 heterocycles. The molecular formula is C9H12N2O2. The van der Waals surface area contributed by atoms with E-state index in [1.54, 1.807) is 12.1 Å². The molecule has 70 valence electrons. The first-order chi connectivity index (χ1) is 6.24. The summed E-state index contributed by atoms with van der Waals surface area (Å²) in [5, 5.41) is 2.55. The van der Waals surface area contributed by atoms with Gasteiger partial charge in [-0.15, -0.1) is 0 Å². The van der Waals surface area contributed by atoms with Crippen LogP contribution < -0.4 is 5.32 Å². The van der Waals surface area contributed by atoms with Crippen LogP contribution in [-0.4, -0.2) is 24.7 Å². The van der Waals surface area contributed by atoms with Crippen LogP contribution in [0.4, 0.5) is 0 Å². The van der Waals surface area contributed by atoms with Gasteiger partial charge in [-0.3, -0.25) is 4.79 Å². The van der Waals surface area contributed by atoms with Crippen LogP contribution in [0.5, 0.6) is 0 Å². The third kappa shape index (κ3) is 2.83. The molecule has 0 aliphatic carbocycles. The Morgan fingerprint density at radius 3 is 3.00 bits per heavy atom. The summed E-state index contributed by atoms with van der Waals surface area (Å²) >= 11 is 0. The van der Waals surface area contributed by atoms with Crippen molar-refractivity contribution >= 4 is 5.91 Å². The highest BCUT2D eigenvalue weighted by Crippen LogP contribution is 1.97. The first-order valence-electron chi connectivity index (χ1n) is 3.95. The maximum absolute atomic E-state index is 11.3. The number of amides is 1. The number of aryl methyl sites for hydroxylation is 1. The molecule has 0 saturated heterocycles. The van der Waals surface area contributed by atoms with Crippen LogP contribution in [0.2, 0.25) is 0 Å². The quantitative estimate of drug-likeness (QED) is 0.697. The third-order valence-electron chi connectivity index (χ3n) is 1.50. The number of rotatable bonds is 3. The van der Waals surface area contributed by atoms with Gasteiger partial charge in [-0.2, -0.15) is 0 Å². The Morgan fingerprint density at radius 1 is 1.62 bits per heavy atom. The molecule has 4 nitrogen and oxygen atoms in total. The summed E-state index contributed by atoms with van der Waals surface area (Å²) in [6.07, 6.45) is 0. The molecule has 0 aliphatic rings. The number of pyridine rings is 1. The van der Waals surface area contributed by atoms with Crippen molar-refractivity contribution in [2.24, 2.45) is 0 Å². The highest BCUT2D eigenvalue weighted by atomic mass is 16.5. The van der Waals surface area contributed by atoms with Gasteiger partial charge in [0.05, 0.1) is 0 Å². The molecule has 4 heteroatoms. The van der Waals surface area contributed by atoms with Gasteiger partial charge in [0.1, 0.15) is 12.4 Å². The predicted molar refractivity (Wildman–Crippen MR) is 48.3 cm³/mol. The van der Waals surface area contributed by atoms with Crippen molar-refractivity contribution in [1.29, 1.82) is 0 Å². The second-order valence-corrected chi connectivity index (χ2v) is 2.60. The molecule has 0 aromatic carbocycles. The van der Waals surface area contributed by atoms with Crippen LogP contribution in [0.1, 0.15) is 16.2 Å². The molecule has 13 heavy (non-hydrogen) atoms. The van der Waals surface area contributed by atoms with Gasteiger partial charge in [-0.1, -0.05) is 6.07 Å². The zero-order chi connectivity index (χ0) is 9.68. The summed E-state index contributed by atoms with van der Waals surface area (Å²) in [7, 11) is 1.52. The predicted octanol–water partition coefficient (Wildman–Crippen LogP) is 0.724. The summed E-state index contributed by atoms with van der Waals surface area (Å²) in [5.41, 5.74) is 1.24. The monoisotopic (exact) mass is 180 g/mol. The Kier molecular flexibility index (Phi) is 3.40. The Bertz CT molecular complexity index is 299. The summed E-state index contributed by atoms with van der Waals surface area (Å²) in [6, 6.07) is 5.30. The Morgan fingerprint density at radius 2 is 2.38 bits per heavy atom. The second kappa shape index (κ2) is 4.57. The topological polar surface area (TPSA) is 51.2 Å². The van der Waals surface area contributed by atoms with E-state index in [9.17, 15) is 4.79 Å². The lowest BCUT2D eigenvalue weighted by atomic mass is 10.3. The molecule has 0 fully saturated rings. The molecule has 0 spiro atoms. The standard InChI is InChI=1S/C9H12N2O2/c1-7-4-3-5-8(11-7)9(12)10-6-13-2/h3-5H,6H2,1-2H3,(H,10,12). The third-order valence-corrected chi connectivity index (χ3v) is 1.50. The zero-order valence-electron chi connectivity index (χ0n) is 7.70. The van der Waals surface area contributed by atoms with E-state index in [1.807, 2.05) is 13.0 Å². The average Bonchev–Trinajstić information content (AvgIpc) is 2.14.